The molecule has 3 aromatic rings. The number of hydrogen-bond donors (Lipinski definition) is 1. The second-order valence-electron chi connectivity index (χ2n) is 11.8. The average Bonchev–Trinajstić information content (AvgIpc) is 3.67. The van der Waals surface area contributed by atoms with Crippen LogP contribution in [0.15, 0.2) is 60.7 Å². The summed E-state index contributed by atoms with van der Waals surface area (Å²) >= 11 is 0. The number of amides is 1. The first kappa shape index (κ1) is 31.4. The van der Waals surface area contributed by atoms with Gasteiger partial charge in [-0.2, -0.15) is 0 Å². The first-order chi connectivity index (χ1) is 21.4. The lowest BCUT2D eigenvalue weighted by atomic mass is 9.82. The first-order valence-electron chi connectivity index (χ1n) is 15.7. The number of methoxy groups -OCH3 is 2. The number of carboxylic acids is 1. The van der Waals surface area contributed by atoms with Gasteiger partial charge in [-0.25, -0.2) is 0 Å². The van der Waals surface area contributed by atoms with Crippen LogP contribution in [-0.2, 0) is 29.0 Å². The van der Waals surface area contributed by atoms with Crippen molar-refractivity contribution in [2.75, 3.05) is 40.5 Å². The topological polar surface area (TPSA) is 88.5 Å². The summed E-state index contributed by atoms with van der Waals surface area (Å²) in [5, 5.41) is 10.7. The van der Waals surface area contributed by atoms with Crippen molar-refractivity contribution in [2.24, 2.45) is 5.92 Å². The van der Waals surface area contributed by atoms with Gasteiger partial charge in [0, 0.05) is 38.0 Å². The van der Waals surface area contributed by atoms with Crippen LogP contribution in [0.1, 0.15) is 66.5 Å². The number of aryl methyl sites for hydroxylation is 1. The molecule has 2 aliphatic heterocycles. The second-order valence-corrected chi connectivity index (χ2v) is 11.8. The molecule has 0 aromatic heterocycles. The Bertz CT molecular complexity index is 1460. The van der Waals surface area contributed by atoms with Crippen LogP contribution in [0.4, 0.5) is 0 Å². The van der Waals surface area contributed by atoms with Crippen molar-refractivity contribution in [3.8, 4) is 17.2 Å². The molecule has 5 rings (SSSR count). The molecule has 2 aliphatic rings. The molecule has 234 valence electrons. The van der Waals surface area contributed by atoms with Crippen LogP contribution < -0.4 is 14.2 Å². The third-order valence-corrected chi connectivity index (χ3v) is 9.05. The maximum atomic E-state index is 14.1. The van der Waals surface area contributed by atoms with Gasteiger partial charge in [0.25, 0.3) is 0 Å². The van der Waals surface area contributed by atoms with Crippen LogP contribution in [0.2, 0.25) is 0 Å². The molecule has 8 heteroatoms. The minimum absolute atomic E-state index is 0.0180. The van der Waals surface area contributed by atoms with Gasteiger partial charge in [-0.05, 0) is 58.9 Å². The molecule has 1 saturated heterocycles. The highest BCUT2D eigenvalue weighted by molar-refractivity contribution is 5.79. The third-order valence-electron chi connectivity index (χ3n) is 9.05. The van der Waals surface area contributed by atoms with Crippen molar-refractivity contribution in [1.82, 2.24) is 9.80 Å². The molecule has 1 N–H and O–H groups in total. The van der Waals surface area contributed by atoms with E-state index in [1.807, 2.05) is 47.4 Å². The highest BCUT2D eigenvalue weighted by Crippen LogP contribution is 2.47. The lowest BCUT2D eigenvalue weighted by Gasteiger charge is -2.30. The van der Waals surface area contributed by atoms with Crippen molar-refractivity contribution >= 4 is 11.9 Å². The summed E-state index contributed by atoms with van der Waals surface area (Å²) in [6.07, 6.45) is 3.55. The van der Waals surface area contributed by atoms with E-state index in [-0.39, 0.29) is 18.4 Å². The Hall–Kier alpha value is -4.04. The molecule has 1 amide bonds. The first-order valence-corrected chi connectivity index (χ1v) is 15.7. The van der Waals surface area contributed by atoms with Gasteiger partial charge in [0.2, 0.25) is 5.91 Å². The number of likely N-dealkylation sites (tertiary alicyclic amines) is 1. The number of hydrogen-bond acceptors (Lipinski definition) is 6. The molecule has 44 heavy (non-hydrogen) atoms. The minimum atomic E-state index is -0.848. The summed E-state index contributed by atoms with van der Waals surface area (Å²) in [6, 6.07) is 19.6. The summed E-state index contributed by atoms with van der Waals surface area (Å²) in [4.78, 5) is 31.1. The van der Waals surface area contributed by atoms with Crippen LogP contribution in [0.3, 0.4) is 0 Å². The molecule has 3 atom stereocenters. The largest absolute Gasteiger partial charge is 0.493 e. The number of unbranched alkanes of at least 4 members (excludes halogenated alkanes) is 1. The fourth-order valence-electron chi connectivity index (χ4n) is 6.63. The Morgan fingerprint density at radius 2 is 1.68 bits per heavy atom. The molecule has 0 bridgehead atoms. The van der Waals surface area contributed by atoms with Gasteiger partial charge in [0.1, 0.15) is 5.75 Å². The van der Waals surface area contributed by atoms with Crippen LogP contribution in [0.25, 0.3) is 0 Å². The highest BCUT2D eigenvalue weighted by Gasteiger charge is 2.48. The molecule has 0 aliphatic carbocycles. The lowest BCUT2D eigenvalue weighted by Crippen LogP contribution is -2.41. The molecule has 1 fully saturated rings. The molecule has 2 heterocycles. The van der Waals surface area contributed by atoms with Crippen LogP contribution in [-0.4, -0.2) is 67.2 Å². The second kappa shape index (κ2) is 14.2. The van der Waals surface area contributed by atoms with Gasteiger partial charge in [-0.3, -0.25) is 14.5 Å². The maximum absolute atomic E-state index is 14.1. The fraction of sp³-hybridized carbons (Fsp3) is 0.444. The monoisotopic (exact) mass is 600 g/mol. The number of aliphatic carboxylic acids is 1. The number of carbonyl (C=O) groups excluding carboxylic acids is 1. The van der Waals surface area contributed by atoms with E-state index in [4.69, 9.17) is 14.2 Å². The van der Waals surface area contributed by atoms with E-state index in [9.17, 15) is 14.7 Å². The number of ether oxygens (including phenoxy) is 3. The summed E-state index contributed by atoms with van der Waals surface area (Å²) in [7, 11) is 3.20. The number of carbonyl (C=O) groups is 2. The van der Waals surface area contributed by atoms with E-state index in [1.165, 1.54) is 5.56 Å². The summed E-state index contributed by atoms with van der Waals surface area (Å²) in [6.45, 7) is 6.51. The molecule has 0 radical (unpaired) electrons. The van der Waals surface area contributed by atoms with E-state index >= 15 is 0 Å². The Morgan fingerprint density at radius 1 is 0.955 bits per heavy atom. The van der Waals surface area contributed by atoms with E-state index in [0.717, 1.165) is 53.7 Å². The molecular weight excluding hydrogens is 556 g/mol. The Kier molecular flexibility index (Phi) is 10.1. The van der Waals surface area contributed by atoms with E-state index in [1.54, 1.807) is 14.2 Å². The van der Waals surface area contributed by atoms with E-state index in [0.29, 0.717) is 37.7 Å². The summed E-state index contributed by atoms with van der Waals surface area (Å²) < 4.78 is 16.6. The number of rotatable bonds is 13. The molecule has 0 saturated carbocycles. The standard InChI is InChI=1S/C36H44N2O6/c1-5-7-17-37(21-25-10-14-31(42-3)32(19-25)43-4)33(39)23-38-22-29(27-13-15-30-28(20-27)16-18-44-30)34(36(40)41)35(38)26-11-8-24(6-2)9-12-26/h8-15,19-20,29,34-35H,5-7,16-18,21-23H2,1-4H3,(H,40,41). The minimum Gasteiger partial charge on any atom is -0.493 e. The quantitative estimate of drug-likeness (QED) is 0.263. The van der Waals surface area contributed by atoms with Crippen LogP contribution in [0.5, 0.6) is 17.2 Å². The Morgan fingerprint density at radius 3 is 2.36 bits per heavy atom. The van der Waals surface area contributed by atoms with Gasteiger partial charge in [0.15, 0.2) is 11.5 Å². The van der Waals surface area contributed by atoms with Crippen molar-refractivity contribution in [3.05, 3.63) is 88.5 Å². The lowest BCUT2D eigenvalue weighted by molar-refractivity contribution is -0.144. The Balaban J connectivity index is 1.46. The molecule has 8 nitrogen and oxygen atoms in total. The van der Waals surface area contributed by atoms with Crippen molar-refractivity contribution in [3.63, 3.8) is 0 Å². The van der Waals surface area contributed by atoms with Gasteiger partial charge in [0.05, 0.1) is 33.3 Å². The van der Waals surface area contributed by atoms with Crippen molar-refractivity contribution < 1.29 is 28.9 Å². The van der Waals surface area contributed by atoms with Gasteiger partial charge in [-0.1, -0.05) is 62.7 Å². The zero-order chi connectivity index (χ0) is 31.2. The molecule has 0 spiro atoms. The summed E-state index contributed by atoms with van der Waals surface area (Å²) in [5.74, 6) is 0.298. The zero-order valence-corrected chi connectivity index (χ0v) is 26.3. The van der Waals surface area contributed by atoms with Gasteiger partial charge < -0.3 is 24.2 Å². The van der Waals surface area contributed by atoms with E-state index in [2.05, 4.69) is 36.9 Å². The van der Waals surface area contributed by atoms with Gasteiger partial charge in [-0.15, -0.1) is 0 Å². The van der Waals surface area contributed by atoms with Crippen LogP contribution >= 0.6 is 0 Å². The smallest absolute Gasteiger partial charge is 0.309 e. The van der Waals surface area contributed by atoms with E-state index < -0.39 is 17.9 Å². The molecule has 3 unspecified atom stereocenters. The number of nitrogens with zero attached hydrogens (tertiary/aromatic N) is 2. The van der Waals surface area contributed by atoms with Gasteiger partial charge >= 0.3 is 5.97 Å². The SMILES string of the molecule is CCCCN(Cc1ccc(OC)c(OC)c1)C(=O)CN1CC(c2ccc3c(c2)CCO3)C(C(=O)O)C1c1ccc(CC)cc1. The number of carboxylic acid groups (broad SMARTS) is 1. The van der Waals surface area contributed by atoms with Crippen molar-refractivity contribution in [2.45, 2.75) is 58.0 Å². The van der Waals surface area contributed by atoms with Crippen LogP contribution in [0, 0.1) is 5.92 Å². The summed E-state index contributed by atoms with van der Waals surface area (Å²) in [5.41, 5.74) is 5.17. The maximum Gasteiger partial charge on any atom is 0.309 e. The van der Waals surface area contributed by atoms with Crippen molar-refractivity contribution in [1.29, 1.82) is 0 Å². The third kappa shape index (κ3) is 6.70. The predicted molar refractivity (Wildman–Crippen MR) is 170 cm³/mol. The number of fused-ring (bicyclic) bond motifs is 1. The molecular formula is C36H44N2O6. The normalized spacial score (nSPS) is 19.3. The zero-order valence-electron chi connectivity index (χ0n) is 26.3. The highest BCUT2D eigenvalue weighted by atomic mass is 16.5. The predicted octanol–water partition coefficient (Wildman–Crippen LogP) is 5.87. The Labute approximate surface area is 260 Å². The fourth-order valence-corrected chi connectivity index (χ4v) is 6.63. The number of benzene rings is 3. The molecule has 3 aromatic carbocycles. The average molecular weight is 601 g/mol.